The Hall–Kier alpha value is -1.10. The summed E-state index contributed by atoms with van der Waals surface area (Å²) < 4.78 is 5.51. The molecule has 0 aromatic rings. The van der Waals surface area contributed by atoms with Crippen LogP contribution >= 0.6 is 0 Å². The Morgan fingerprint density at radius 1 is 1.39 bits per heavy atom. The SMILES string of the molecule is CC(C)CO[C@H](C)C(=O)N1CCC[C@@H](C(N)=O)C1. The van der Waals surface area contributed by atoms with Crippen molar-refractivity contribution in [3.05, 3.63) is 0 Å². The van der Waals surface area contributed by atoms with Crippen molar-refractivity contribution in [1.29, 1.82) is 0 Å². The van der Waals surface area contributed by atoms with Gasteiger partial charge in [-0.3, -0.25) is 9.59 Å². The molecular weight excluding hydrogens is 232 g/mol. The van der Waals surface area contributed by atoms with E-state index in [1.54, 1.807) is 11.8 Å². The number of hydrogen-bond donors (Lipinski definition) is 1. The highest BCUT2D eigenvalue weighted by Crippen LogP contribution is 2.17. The molecule has 0 aliphatic carbocycles. The second kappa shape index (κ2) is 6.73. The summed E-state index contributed by atoms with van der Waals surface area (Å²) in [6.07, 6.45) is 1.16. The molecule has 0 aromatic carbocycles. The molecule has 0 radical (unpaired) electrons. The fourth-order valence-electron chi connectivity index (χ4n) is 2.07. The summed E-state index contributed by atoms with van der Waals surface area (Å²) in [6, 6.07) is 0. The third-order valence-electron chi connectivity index (χ3n) is 3.16. The van der Waals surface area contributed by atoms with Crippen molar-refractivity contribution in [2.75, 3.05) is 19.7 Å². The monoisotopic (exact) mass is 256 g/mol. The first kappa shape index (κ1) is 15.0. The zero-order valence-electron chi connectivity index (χ0n) is 11.5. The Kier molecular flexibility index (Phi) is 5.59. The molecule has 0 spiro atoms. The van der Waals surface area contributed by atoms with Gasteiger partial charge in [-0.05, 0) is 25.7 Å². The summed E-state index contributed by atoms with van der Waals surface area (Å²) >= 11 is 0. The number of ether oxygens (including phenoxy) is 1. The smallest absolute Gasteiger partial charge is 0.251 e. The Labute approximate surface area is 109 Å². The lowest BCUT2D eigenvalue weighted by Crippen LogP contribution is -2.47. The highest BCUT2D eigenvalue weighted by Gasteiger charge is 2.29. The number of hydrogen-bond acceptors (Lipinski definition) is 3. The minimum Gasteiger partial charge on any atom is -0.369 e. The molecule has 2 N–H and O–H groups in total. The van der Waals surface area contributed by atoms with Crippen molar-refractivity contribution < 1.29 is 14.3 Å². The largest absolute Gasteiger partial charge is 0.369 e. The van der Waals surface area contributed by atoms with Gasteiger partial charge in [-0.25, -0.2) is 0 Å². The van der Waals surface area contributed by atoms with Crippen molar-refractivity contribution in [3.63, 3.8) is 0 Å². The molecule has 0 unspecified atom stereocenters. The zero-order chi connectivity index (χ0) is 13.7. The number of likely N-dealkylation sites (tertiary alicyclic amines) is 1. The molecular formula is C13H24N2O3. The number of carbonyl (C=O) groups is 2. The first-order valence-corrected chi connectivity index (χ1v) is 6.61. The fourth-order valence-corrected chi connectivity index (χ4v) is 2.07. The van der Waals surface area contributed by atoms with Crippen LogP contribution in [-0.2, 0) is 14.3 Å². The number of nitrogens with zero attached hydrogens (tertiary/aromatic N) is 1. The van der Waals surface area contributed by atoms with Crippen LogP contribution in [0.15, 0.2) is 0 Å². The van der Waals surface area contributed by atoms with E-state index in [0.29, 0.717) is 25.6 Å². The van der Waals surface area contributed by atoms with Crippen molar-refractivity contribution in [3.8, 4) is 0 Å². The maximum Gasteiger partial charge on any atom is 0.251 e. The summed E-state index contributed by atoms with van der Waals surface area (Å²) in [7, 11) is 0. The number of piperidine rings is 1. The van der Waals surface area contributed by atoms with Gasteiger partial charge < -0.3 is 15.4 Å². The molecule has 2 amide bonds. The lowest BCUT2D eigenvalue weighted by atomic mass is 9.97. The van der Waals surface area contributed by atoms with E-state index in [9.17, 15) is 9.59 Å². The second-order valence-electron chi connectivity index (χ2n) is 5.40. The maximum absolute atomic E-state index is 12.1. The van der Waals surface area contributed by atoms with E-state index < -0.39 is 6.10 Å². The van der Waals surface area contributed by atoms with E-state index in [1.165, 1.54) is 0 Å². The maximum atomic E-state index is 12.1. The molecule has 1 rings (SSSR count). The van der Waals surface area contributed by atoms with E-state index in [-0.39, 0.29) is 17.7 Å². The van der Waals surface area contributed by atoms with Crippen LogP contribution in [-0.4, -0.2) is 42.5 Å². The van der Waals surface area contributed by atoms with Crippen molar-refractivity contribution in [1.82, 2.24) is 4.90 Å². The molecule has 0 aromatic heterocycles. The molecule has 1 fully saturated rings. The van der Waals surface area contributed by atoms with Gasteiger partial charge in [-0.2, -0.15) is 0 Å². The molecule has 0 saturated carbocycles. The van der Waals surface area contributed by atoms with E-state index in [2.05, 4.69) is 0 Å². The minimum absolute atomic E-state index is 0.0402. The van der Waals surface area contributed by atoms with Crippen LogP contribution < -0.4 is 5.73 Å². The van der Waals surface area contributed by atoms with Gasteiger partial charge in [0.1, 0.15) is 6.10 Å². The molecule has 1 aliphatic heterocycles. The lowest BCUT2D eigenvalue weighted by molar-refractivity contribution is -0.146. The number of amides is 2. The number of primary amides is 1. The third kappa shape index (κ3) is 4.29. The fraction of sp³-hybridized carbons (Fsp3) is 0.846. The minimum atomic E-state index is -0.445. The van der Waals surface area contributed by atoms with Gasteiger partial charge in [0.2, 0.25) is 5.91 Å². The summed E-state index contributed by atoms with van der Waals surface area (Å²) in [6.45, 7) is 7.54. The van der Waals surface area contributed by atoms with E-state index in [4.69, 9.17) is 10.5 Å². The van der Waals surface area contributed by atoms with E-state index in [1.807, 2.05) is 13.8 Å². The van der Waals surface area contributed by atoms with Gasteiger partial charge >= 0.3 is 0 Å². The van der Waals surface area contributed by atoms with Crippen LogP contribution in [0, 0.1) is 11.8 Å². The molecule has 18 heavy (non-hydrogen) atoms. The Balaban J connectivity index is 2.47. The highest BCUT2D eigenvalue weighted by molar-refractivity contribution is 5.82. The van der Waals surface area contributed by atoms with Crippen LogP contribution in [0.1, 0.15) is 33.6 Å². The highest BCUT2D eigenvalue weighted by atomic mass is 16.5. The Morgan fingerprint density at radius 2 is 2.06 bits per heavy atom. The molecule has 5 nitrogen and oxygen atoms in total. The predicted octanol–water partition coefficient (Wildman–Crippen LogP) is 0.771. The summed E-state index contributed by atoms with van der Waals surface area (Å²) in [5.41, 5.74) is 5.30. The summed E-state index contributed by atoms with van der Waals surface area (Å²) in [5, 5.41) is 0. The topological polar surface area (TPSA) is 72.6 Å². The van der Waals surface area contributed by atoms with E-state index >= 15 is 0 Å². The van der Waals surface area contributed by atoms with Crippen molar-refractivity contribution in [2.45, 2.75) is 39.7 Å². The zero-order valence-corrected chi connectivity index (χ0v) is 11.5. The van der Waals surface area contributed by atoms with Crippen molar-refractivity contribution in [2.24, 2.45) is 17.6 Å². The van der Waals surface area contributed by atoms with Crippen LogP contribution in [0.2, 0.25) is 0 Å². The molecule has 2 atom stereocenters. The average molecular weight is 256 g/mol. The van der Waals surface area contributed by atoms with Gasteiger partial charge in [-0.1, -0.05) is 13.8 Å². The summed E-state index contributed by atoms with van der Waals surface area (Å²) in [5.74, 6) is -0.162. The Bertz CT molecular complexity index is 305. The first-order chi connectivity index (χ1) is 8.41. The lowest BCUT2D eigenvalue weighted by Gasteiger charge is -2.33. The van der Waals surface area contributed by atoms with Gasteiger partial charge in [0.15, 0.2) is 0 Å². The normalized spacial score (nSPS) is 22.0. The molecule has 0 bridgehead atoms. The predicted molar refractivity (Wildman–Crippen MR) is 68.8 cm³/mol. The molecule has 1 heterocycles. The van der Waals surface area contributed by atoms with E-state index in [0.717, 1.165) is 12.8 Å². The van der Waals surface area contributed by atoms with Gasteiger partial charge in [0, 0.05) is 19.7 Å². The van der Waals surface area contributed by atoms with Gasteiger partial charge in [-0.15, -0.1) is 0 Å². The van der Waals surface area contributed by atoms with Gasteiger partial charge in [0.25, 0.3) is 5.91 Å². The molecule has 104 valence electrons. The standard InChI is InChI=1S/C13H24N2O3/c1-9(2)8-18-10(3)13(17)15-6-4-5-11(7-15)12(14)16/h9-11H,4-8H2,1-3H3,(H2,14,16)/t10-,11-/m1/s1. The van der Waals surface area contributed by atoms with Crippen LogP contribution in [0.5, 0.6) is 0 Å². The van der Waals surface area contributed by atoms with Crippen LogP contribution in [0.25, 0.3) is 0 Å². The first-order valence-electron chi connectivity index (χ1n) is 6.61. The van der Waals surface area contributed by atoms with Crippen molar-refractivity contribution >= 4 is 11.8 Å². The second-order valence-corrected chi connectivity index (χ2v) is 5.40. The van der Waals surface area contributed by atoms with Gasteiger partial charge in [0.05, 0.1) is 5.92 Å². The number of nitrogens with two attached hydrogens (primary N) is 1. The van der Waals surface area contributed by atoms with Crippen LogP contribution in [0.3, 0.4) is 0 Å². The number of rotatable bonds is 5. The third-order valence-corrected chi connectivity index (χ3v) is 3.16. The average Bonchev–Trinajstić information content (AvgIpc) is 2.35. The number of carbonyl (C=O) groups excluding carboxylic acids is 2. The molecule has 5 heteroatoms. The van der Waals surface area contributed by atoms with Crippen LogP contribution in [0.4, 0.5) is 0 Å². The quantitative estimate of drug-likeness (QED) is 0.789. The Morgan fingerprint density at radius 3 is 2.61 bits per heavy atom. The molecule has 1 aliphatic rings. The summed E-state index contributed by atoms with van der Waals surface area (Å²) in [4.78, 5) is 25.0. The molecule has 1 saturated heterocycles.